The Morgan fingerprint density at radius 1 is 1.47 bits per heavy atom. The van der Waals surface area contributed by atoms with Gasteiger partial charge in [0.05, 0.1) is 6.04 Å². The number of rotatable bonds is 5. The van der Waals surface area contributed by atoms with Crippen molar-refractivity contribution in [2.45, 2.75) is 19.4 Å². The van der Waals surface area contributed by atoms with Gasteiger partial charge in [-0.1, -0.05) is 6.07 Å². The quantitative estimate of drug-likeness (QED) is 0.854. The molecule has 2 heterocycles. The second kappa shape index (κ2) is 5.75. The van der Waals surface area contributed by atoms with E-state index in [2.05, 4.69) is 21.4 Å². The van der Waals surface area contributed by atoms with Gasteiger partial charge in [0.25, 0.3) is 0 Å². The molecule has 90 valence electrons. The number of nitrogens with zero attached hydrogens (tertiary/aromatic N) is 2. The van der Waals surface area contributed by atoms with Crippen molar-refractivity contribution in [3.05, 3.63) is 40.5 Å². The van der Waals surface area contributed by atoms with Crippen molar-refractivity contribution in [3.63, 3.8) is 0 Å². The molecule has 0 aromatic carbocycles. The van der Waals surface area contributed by atoms with Crippen LogP contribution in [-0.4, -0.2) is 21.7 Å². The number of anilines is 1. The van der Waals surface area contributed by atoms with E-state index in [0.717, 1.165) is 11.5 Å². The average molecular weight is 249 g/mol. The van der Waals surface area contributed by atoms with Crippen LogP contribution in [0.2, 0.25) is 0 Å². The highest BCUT2D eigenvalue weighted by Gasteiger charge is 2.12. The number of hydrogen-bond donors (Lipinski definition) is 2. The van der Waals surface area contributed by atoms with Crippen molar-refractivity contribution >= 4 is 17.2 Å². The summed E-state index contributed by atoms with van der Waals surface area (Å²) >= 11 is 1.68. The van der Waals surface area contributed by atoms with E-state index >= 15 is 0 Å². The minimum atomic E-state index is 0.106. The van der Waals surface area contributed by atoms with Crippen LogP contribution in [0.3, 0.4) is 0 Å². The fraction of sp³-hybridized carbons (Fsp3) is 0.333. The number of aliphatic hydroxyl groups excluding tert-OH is 1. The second-order valence-electron chi connectivity index (χ2n) is 3.77. The van der Waals surface area contributed by atoms with Crippen LogP contribution in [0, 0.1) is 6.92 Å². The van der Waals surface area contributed by atoms with E-state index < -0.39 is 0 Å². The molecule has 0 spiro atoms. The minimum absolute atomic E-state index is 0.106. The molecule has 0 bridgehead atoms. The lowest BCUT2D eigenvalue weighted by Crippen LogP contribution is -2.12. The third-order valence-corrected chi connectivity index (χ3v) is 3.42. The fourth-order valence-electron chi connectivity index (χ4n) is 1.62. The summed E-state index contributed by atoms with van der Waals surface area (Å²) in [5.74, 6) is 0.796. The zero-order chi connectivity index (χ0) is 12.1. The highest BCUT2D eigenvalue weighted by molar-refractivity contribution is 7.10. The molecule has 2 aromatic heterocycles. The van der Waals surface area contributed by atoms with Crippen LogP contribution >= 0.6 is 11.3 Å². The Morgan fingerprint density at radius 2 is 2.35 bits per heavy atom. The van der Waals surface area contributed by atoms with Crippen molar-refractivity contribution in [2.75, 3.05) is 11.9 Å². The van der Waals surface area contributed by atoms with Gasteiger partial charge in [0.1, 0.15) is 12.1 Å². The van der Waals surface area contributed by atoms with Crippen molar-refractivity contribution in [2.24, 2.45) is 0 Å². The van der Waals surface area contributed by atoms with E-state index in [4.69, 9.17) is 5.11 Å². The zero-order valence-corrected chi connectivity index (χ0v) is 10.4. The molecule has 0 amide bonds. The maximum atomic E-state index is 9.10. The molecule has 0 radical (unpaired) electrons. The van der Waals surface area contributed by atoms with Crippen molar-refractivity contribution < 1.29 is 5.11 Å². The van der Waals surface area contributed by atoms with E-state index in [1.54, 1.807) is 17.7 Å². The fourth-order valence-corrected chi connectivity index (χ4v) is 2.43. The average Bonchev–Trinajstić information content (AvgIpc) is 2.82. The summed E-state index contributed by atoms with van der Waals surface area (Å²) in [5.41, 5.74) is 0.927. The molecule has 2 rings (SSSR count). The Labute approximate surface area is 104 Å². The molecule has 0 aliphatic carbocycles. The third kappa shape index (κ3) is 3.25. The highest BCUT2D eigenvalue weighted by Crippen LogP contribution is 2.25. The van der Waals surface area contributed by atoms with E-state index in [0.29, 0.717) is 6.42 Å². The Balaban J connectivity index is 2.13. The van der Waals surface area contributed by atoms with E-state index in [-0.39, 0.29) is 12.6 Å². The molecular formula is C12H15N3OS. The first-order chi connectivity index (χ1) is 8.29. The number of hydrogen-bond acceptors (Lipinski definition) is 5. The number of nitrogens with one attached hydrogen (secondary N) is 1. The van der Waals surface area contributed by atoms with Gasteiger partial charge in [0.15, 0.2) is 0 Å². The van der Waals surface area contributed by atoms with Crippen LogP contribution in [0.4, 0.5) is 5.82 Å². The largest absolute Gasteiger partial charge is 0.396 e. The topological polar surface area (TPSA) is 58.0 Å². The summed E-state index contributed by atoms with van der Waals surface area (Å²) in [6, 6.07) is 6.08. The zero-order valence-electron chi connectivity index (χ0n) is 9.63. The van der Waals surface area contributed by atoms with Crippen molar-refractivity contribution in [3.8, 4) is 0 Å². The van der Waals surface area contributed by atoms with E-state index in [1.165, 1.54) is 4.88 Å². The van der Waals surface area contributed by atoms with Gasteiger partial charge in [0, 0.05) is 23.2 Å². The number of thiophene rings is 1. The molecule has 5 heteroatoms. The number of aryl methyl sites for hydroxylation is 1. The summed E-state index contributed by atoms with van der Waals surface area (Å²) in [5, 5.41) is 14.5. The molecule has 0 saturated heterocycles. The molecule has 0 fully saturated rings. The standard InChI is InChI=1S/C12H15N3OS/c1-9-7-12(14-8-13-9)15-10(4-5-16)11-3-2-6-17-11/h2-3,6-8,10,16H,4-5H2,1H3,(H,13,14,15). The molecule has 1 unspecified atom stereocenters. The van der Waals surface area contributed by atoms with Gasteiger partial charge >= 0.3 is 0 Å². The molecule has 1 atom stereocenters. The summed E-state index contributed by atoms with van der Waals surface area (Å²) in [6.45, 7) is 2.08. The monoisotopic (exact) mass is 249 g/mol. The van der Waals surface area contributed by atoms with Gasteiger partial charge in [0.2, 0.25) is 0 Å². The maximum Gasteiger partial charge on any atom is 0.130 e. The first-order valence-corrected chi connectivity index (χ1v) is 6.37. The first kappa shape index (κ1) is 12.0. The van der Waals surface area contributed by atoms with Gasteiger partial charge in [-0.05, 0) is 24.8 Å². The molecule has 17 heavy (non-hydrogen) atoms. The Hall–Kier alpha value is -1.46. The normalized spacial score (nSPS) is 12.4. The Morgan fingerprint density at radius 3 is 3.00 bits per heavy atom. The SMILES string of the molecule is Cc1cc(NC(CCO)c2cccs2)ncn1. The van der Waals surface area contributed by atoms with Gasteiger partial charge in [-0.3, -0.25) is 0 Å². The van der Waals surface area contributed by atoms with Gasteiger partial charge in [-0.25, -0.2) is 9.97 Å². The summed E-state index contributed by atoms with van der Waals surface area (Å²) < 4.78 is 0. The summed E-state index contributed by atoms with van der Waals surface area (Å²) in [7, 11) is 0. The smallest absolute Gasteiger partial charge is 0.130 e. The third-order valence-electron chi connectivity index (χ3n) is 2.43. The van der Waals surface area contributed by atoms with Crippen LogP contribution in [0.15, 0.2) is 29.9 Å². The molecule has 2 aromatic rings. The maximum absolute atomic E-state index is 9.10. The molecule has 0 saturated carbocycles. The summed E-state index contributed by atoms with van der Waals surface area (Å²) in [6.07, 6.45) is 2.21. The lowest BCUT2D eigenvalue weighted by molar-refractivity contribution is 0.280. The minimum Gasteiger partial charge on any atom is -0.396 e. The lowest BCUT2D eigenvalue weighted by Gasteiger charge is -2.16. The van der Waals surface area contributed by atoms with Crippen LogP contribution < -0.4 is 5.32 Å². The molecule has 0 aliphatic rings. The van der Waals surface area contributed by atoms with Crippen molar-refractivity contribution in [1.29, 1.82) is 0 Å². The molecule has 2 N–H and O–H groups in total. The van der Waals surface area contributed by atoms with E-state index in [1.807, 2.05) is 24.4 Å². The lowest BCUT2D eigenvalue weighted by atomic mass is 10.2. The number of aromatic nitrogens is 2. The first-order valence-electron chi connectivity index (χ1n) is 5.49. The Bertz CT molecular complexity index is 459. The van der Waals surface area contributed by atoms with Gasteiger partial charge < -0.3 is 10.4 Å². The van der Waals surface area contributed by atoms with Crippen LogP contribution in [0.25, 0.3) is 0 Å². The van der Waals surface area contributed by atoms with E-state index in [9.17, 15) is 0 Å². The number of aliphatic hydroxyl groups is 1. The van der Waals surface area contributed by atoms with Crippen molar-refractivity contribution in [1.82, 2.24) is 9.97 Å². The van der Waals surface area contributed by atoms with Crippen LogP contribution in [0.5, 0.6) is 0 Å². The predicted molar refractivity (Wildman–Crippen MR) is 69.2 cm³/mol. The van der Waals surface area contributed by atoms with Crippen LogP contribution in [-0.2, 0) is 0 Å². The molecule has 0 aliphatic heterocycles. The van der Waals surface area contributed by atoms with Gasteiger partial charge in [-0.15, -0.1) is 11.3 Å². The van der Waals surface area contributed by atoms with Crippen LogP contribution in [0.1, 0.15) is 23.0 Å². The highest BCUT2D eigenvalue weighted by atomic mass is 32.1. The predicted octanol–water partition coefficient (Wildman–Crippen LogP) is 2.38. The second-order valence-corrected chi connectivity index (χ2v) is 4.75. The summed E-state index contributed by atoms with van der Waals surface area (Å²) in [4.78, 5) is 9.43. The molecular weight excluding hydrogens is 234 g/mol. The molecule has 4 nitrogen and oxygen atoms in total. The van der Waals surface area contributed by atoms with Gasteiger partial charge in [-0.2, -0.15) is 0 Å². The Kier molecular flexibility index (Phi) is 4.06.